The van der Waals surface area contributed by atoms with Gasteiger partial charge in [-0.05, 0) is 24.3 Å². The monoisotopic (exact) mass is 345 g/mol. The van der Waals surface area contributed by atoms with Crippen molar-refractivity contribution >= 4 is 38.4 Å². The number of nitrogens with zero attached hydrogens (tertiary/aromatic N) is 3. The molecule has 0 bridgehead atoms. The first-order valence-electron chi connectivity index (χ1n) is 5.92. The fraction of sp³-hybridized carbons (Fsp3) is 0.0667. The van der Waals surface area contributed by atoms with Crippen molar-refractivity contribution < 1.29 is 0 Å². The molecule has 1 aromatic carbocycles. The number of alkyl halides is 1. The molecule has 0 atom stereocenters. The maximum atomic E-state index is 5.99. The van der Waals surface area contributed by atoms with Crippen molar-refractivity contribution in [3.8, 4) is 17.5 Å². The minimum absolute atomic E-state index is 0.648. The minimum Gasteiger partial charge on any atom is -0.256 e. The summed E-state index contributed by atoms with van der Waals surface area (Å²) in [5.74, 6) is 5.98. The van der Waals surface area contributed by atoms with Gasteiger partial charge < -0.3 is 0 Å². The zero-order chi connectivity index (χ0) is 13.9. The highest BCUT2D eigenvalue weighted by atomic mass is 79.9. The summed E-state index contributed by atoms with van der Waals surface area (Å²) in [6.45, 7) is 0. The van der Waals surface area contributed by atoms with Gasteiger partial charge in [0.15, 0.2) is 0 Å². The van der Waals surface area contributed by atoms with Crippen molar-refractivity contribution in [2.24, 2.45) is 0 Å². The van der Waals surface area contributed by atoms with E-state index in [9.17, 15) is 0 Å². The Balaban J connectivity index is 2.12. The van der Waals surface area contributed by atoms with Crippen molar-refractivity contribution in [3.05, 3.63) is 53.4 Å². The Labute approximate surface area is 129 Å². The quantitative estimate of drug-likeness (QED) is 0.495. The third kappa shape index (κ3) is 2.55. The van der Waals surface area contributed by atoms with Gasteiger partial charge in [0.05, 0.1) is 28.3 Å². The fourth-order valence-corrected chi connectivity index (χ4v) is 2.27. The van der Waals surface area contributed by atoms with Crippen LogP contribution in [0.3, 0.4) is 0 Å². The third-order valence-corrected chi connectivity index (χ3v) is 3.33. The number of halogens is 2. The van der Waals surface area contributed by atoms with Crippen molar-refractivity contribution in [1.29, 1.82) is 0 Å². The Kier molecular flexibility index (Phi) is 3.72. The van der Waals surface area contributed by atoms with Gasteiger partial charge in [0.1, 0.15) is 0 Å². The molecule has 3 nitrogen and oxygen atoms in total. The summed E-state index contributed by atoms with van der Waals surface area (Å²) in [4.78, 5) is 4.32. The minimum atomic E-state index is 0.648. The van der Waals surface area contributed by atoms with Crippen LogP contribution < -0.4 is 0 Å². The molecule has 0 aliphatic rings. The molecule has 0 unspecified atom stereocenters. The van der Waals surface area contributed by atoms with Crippen molar-refractivity contribution in [1.82, 2.24) is 14.8 Å². The first-order valence-corrected chi connectivity index (χ1v) is 7.42. The molecule has 0 radical (unpaired) electrons. The molecule has 98 valence electrons. The van der Waals surface area contributed by atoms with E-state index in [1.807, 2.05) is 30.5 Å². The van der Waals surface area contributed by atoms with E-state index in [0.717, 1.165) is 22.2 Å². The zero-order valence-electron chi connectivity index (χ0n) is 10.3. The lowest BCUT2D eigenvalue weighted by Gasteiger charge is -2.05. The first kappa shape index (κ1) is 13.2. The van der Waals surface area contributed by atoms with E-state index in [4.69, 9.17) is 11.6 Å². The number of rotatable bonds is 1. The Bertz CT molecular complexity index is 830. The predicted molar refractivity (Wildman–Crippen MR) is 84.5 cm³/mol. The average Bonchev–Trinajstić information content (AvgIpc) is 2.92. The molecule has 0 amide bonds. The second-order valence-corrected chi connectivity index (χ2v) is 5.10. The van der Waals surface area contributed by atoms with Crippen molar-refractivity contribution in [2.45, 2.75) is 0 Å². The molecule has 0 fully saturated rings. The van der Waals surface area contributed by atoms with Crippen LogP contribution in [0.5, 0.6) is 0 Å². The highest BCUT2D eigenvalue weighted by Gasteiger charge is 2.06. The molecule has 5 heteroatoms. The summed E-state index contributed by atoms with van der Waals surface area (Å²) in [6.07, 6.45) is 5.40. The largest absolute Gasteiger partial charge is 0.256 e. The van der Waals surface area contributed by atoms with Crippen molar-refractivity contribution in [3.63, 3.8) is 0 Å². The Hall–Kier alpha value is -1.83. The van der Waals surface area contributed by atoms with Crippen LogP contribution in [-0.2, 0) is 0 Å². The van der Waals surface area contributed by atoms with Crippen LogP contribution in [0.25, 0.3) is 16.6 Å². The fourth-order valence-electron chi connectivity index (χ4n) is 1.96. The molecule has 0 aliphatic carbocycles. The molecule has 3 aromatic rings. The van der Waals surface area contributed by atoms with E-state index in [1.165, 1.54) is 0 Å². The molecule has 2 aromatic heterocycles. The maximum absolute atomic E-state index is 5.99. The lowest BCUT2D eigenvalue weighted by atomic mass is 10.2. The van der Waals surface area contributed by atoms with Crippen LogP contribution in [0.1, 0.15) is 5.56 Å². The number of aromatic nitrogens is 3. The summed E-state index contributed by atoms with van der Waals surface area (Å²) < 4.78 is 1.80. The molecular weight excluding hydrogens is 338 g/mol. The summed E-state index contributed by atoms with van der Waals surface area (Å²) >= 11 is 9.27. The van der Waals surface area contributed by atoms with Gasteiger partial charge in [0.2, 0.25) is 0 Å². The molecule has 0 saturated heterocycles. The van der Waals surface area contributed by atoms with Crippen LogP contribution in [-0.4, -0.2) is 20.1 Å². The highest BCUT2D eigenvalue weighted by Crippen LogP contribution is 2.23. The third-order valence-electron chi connectivity index (χ3n) is 2.81. The second kappa shape index (κ2) is 5.66. The predicted octanol–water partition coefficient (Wildman–Crippen LogP) is 3.82. The summed E-state index contributed by atoms with van der Waals surface area (Å²) in [5, 5.41) is 6.67. The number of pyridine rings is 1. The van der Waals surface area contributed by atoms with E-state index in [-0.39, 0.29) is 0 Å². The lowest BCUT2D eigenvalue weighted by molar-refractivity contribution is 0.886. The van der Waals surface area contributed by atoms with Crippen LogP contribution in [0.15, 0.2) is 42.9 Å². The van der Waals surface area contributed by atoms with Gasteiger partial charge in [-0.1, -0.05) is 39.4 Å². The molecule has 0 spiro atoms. The topological polar surface area (TPSA) is 30.7 Å². The molecule has 0 aliphatic heterocycles. The van der Waals surface area contributed by atoms with Gasteiger partial charge in [-0.25, -0.2) is 4.68 Å². The van der Waals surface area contributed by atoms with Crippen molar-refractivity contribution in [2.75, 3.05) is 5.33 Å². The Morgan fingerprint density at radius 1 is 1.30 bits per heavy atom. The normalized spacial score (nSPS) is 10.3. The van der Waals surface area contributed by atoms with E-state index >= 15 is 0 Å². The van der Waals surface area contributed by atoms with E-state index < -0.39 is 0 Å². The summed E-state index contributed by atoms with van der Waals surface area (Å²) in [6, 6.07) is 7.57. The van der Waals surface area contributed by atoms with Crippen LogP contribution in [0.2, 0.25) is 5.02 Å². The summed E-state index contributed by atoms with van der Waals surface area (Å²) in [5.41, 5.74) is 2.68. The van der Waals surface area contributed by atoms with Gasteiger partial charge >= 0.3 is 0 Å². The van der Waals surface area contributed by atoms with Gasteiger partial charge in [0.25, 0.3) is 0 Å². The van der Waals surface area contributed by atoms with Crippen LogP contribution >= 0.6 is 27.5 Å². The first-order chi connectivity index (χ1) is 9.78. The molecule has 0 N–H and O–H groups in total. The number of hydrogen-bond acceptors (Lipinski definition) is 2. The number of fused-ring (bicyclic) bond motifs is 1. The molecule has 2 heterocycles. The lowest BCUT2D eigenvalue weighted by Crippen LogP contribution is -1.96. The highest BCUT2D eigenvalue weighted by molar-refractivity contribution is 9.09. The summed E-state index contributed by atoms with van der Waals surface area (Å²) in [7, 11) is 0. The molecular formula is C15H9BrClN3. The van der Waals surface area contributed by atoms with Crippen LogP contribution in [0, 0.1) is 11.8 Å². The smallest absolute Gasteiger partial charge is 0.0755 e. The van der Waals surface area contributed by atoms with Crippen LogP contribution in [0.4, 0.5) is 0 Å². The van der Waals surface area contributed by atoms with E-state index in [1.54, 1.807) is 17.1 Å². The van der Waals surface area contributed by atoms with Gasteiger partial charge in [-0.15, -0.1) is 0 Å². The molecule has 0 saturated carbocycles. The Morgan fingerprint density at radius 2 is 2.20 bits per heavy atom. The SMILES string of the molecule is Clc1ccc2c(-n3cc(C#CCBr)cn3)ccnc2c1. The maximum Gasteiger partial charge on any atom is 0.0755 e. The van der Waals surface area contributed by atoms with Gasteiger partial charge in [-0.3, -0.25) is 4.98 Å². The zero-order valence-corrected chi connectivity index (χ0v) is 12.7. The standard InChI is InChI=1S/C15H9BrClN3/c16-6-1-2-11-9-19-20(10-11)15-5-7-18-14-8-12(17)3-4-13(14)15/h3-5,7-10H,6H2. The Morgan fingerprint density at radius 3 is 3.05 bits per heavy atom. The van der Waals surface area contributed by atoms with E-state index in [2.05, 4.69) is 37.9 Å². The van der Waals surface area contributed by atoms with Gasteiger partial charge in [-0.2, -0.15) is 5.10 Å². The average molecular weight is 347 g/mol. The molecule has 3 rings (SSSR count). The van der Waals surface area contributed by atoms with Gasteiger partial charge in [0, 0.05) is 22.8 Å². The molecule has 20 heavy (non-hydrogen) atoms. The number of benzene rings is 1. The second-order valence-electron chi connectivity index (χ2n) is 4.10. The van der Waals surface area contributed by atoms with E-state index in [0.29, 0.717) is 10.4 Å². The number of hydrogen-bond donors (Lipinski definition) is 0.